The van der Waals surface area contributed by atoms with Crippen LogP contribution in [0, 0.1) is 0 Å². The highest BCUT2D eigenvalue weighted by Gasteiger charge is 2.36. The zero-order chi connectivity index (χ0) is 12.4. The quantitative estimate of drug-likeness (QED) is 0.805. The smallest absolute Gasteiger partial charge is 0.0505 e. The molecule has 0 saturated carbocycles. The van der Waals surface area contributed by atoms with Gasteiger partial charge >= 0.3 is 0 Å². The summed E-state index contributed by atoms with van der Waals surface area (Å²) in [6.45, 7) is 0.667. The minimum absolute atomic E-state index is 0.0924. The molecule has 0 amide bonds. The van der Waals surface area contributed by atoms with Gasteiger partial charge in [-0.2, -0.15) is 5.06 Å². The van der Waals surface area contributed by atoms with Crippen molar-refractivity contribution in [2.75, 3.05) is 6.54 Å². The zero-order valence-electron chi connectivity index (χ0n) is 10.2. The highest BCUT2D eigenvalue weighted by atomic mass is 16.5. The molecule has 1 aliphatic rings. The lowest BCUT2D eigenvalue weighted by atomic mass is 9.80. The van der Waals surface area contributed by atoms with E-state index in [4.69, 9.17) is 0 Å². The van der Waals surface area contributed by atoms with Crippen molar-refractivity contribution in [2.45, 2.75) is 18.4 Å². The van der Waals surface area contributed by atoms with Crippen LogP contribution < -0.4 is 0 Å². The van der Waals surface area contributed by atoms with Gasteiger partial charge in [0, 0.05) is 12.5 Å². The molecule has 1 saturated heterocycles. The normalized spacial score (nSPS) is 19.8. The van der Waals surface area contributed by atoms with Crippen LogP contribution in [0.15, 0.2) is 60.7 Å². The SMILES string of the molecule is [O]N1CCC1C(c1ccccc1)c1ccccc1. The summed E-state index contributed by atoms with van der Waals surface area (Å²) in [5.74, 6) is 0.193. The van der Waals surface area contributed by atoms with Crippen molar-refractivity contribution >= 4 is 0 Å². The van der Waals surface area contributed by atoms with E-state index >= 15 is 0 Å². The first-order valence-electron chi connectivity index (χ1n) is 6.40. The minimum Gasteiger partial charge on any atom is -0.151 e. The van der Waals surface area contributed by atoms with Crippen LogP contribution in [0.5, 0.6) is 0 Å². The number of hydroxylamine groups is 2. The fourth-order valence-corrected chi connectivity index (χ4v) is 2.67. The molecule has 0 aliphatic carbocycles. The second kappa shape index (κ2) is 4.92. The first-order chi connectivity index (χ1) is 8.86. The maximum absolute atomic E-state index is 11.7. The Morgan fingerprint density at radius 2 is 1.39 bits per heavy atom. The van der Waals surface area contributed by atoms with Crippen molar-refractivity contribution in [3.8, 4) is 0 Å². The predicted molar refractivity (Wildman–Crippen MR) is 70.5 cm³/mol. The molecule has 2 aromatic carbocycles. The number of hydrogen-bond acceptors (Lipinski definition) is 1. The molecule has 2 nitrogen and oxygen atoms in total. The fraction of sp³-hybridized carbons (Fsp3) is 0.250. The Morgan fingerprint density at radius 1 is 0.889 bits per heavy atom. The van der Waals surface area contributed by atoms with Crippen LogP contribution in [0.4, 0.5) is 0 Å². The second-order valence-corrected chi connectivity index (χ2v) is 4.80. The molecule has 0 bridgehead atoms. The van der Waals surface area contributed by atoms with Crippen molar-refractivity contribution in [2.24, 2.45) is 0 Å². The first-order valence-corrected chi connectivity index (χ1v) is 6.40. The lowest BCUT2D eigenvalue weighted by Crippen LogP contribution is -2.48. The maximum atomic E-state index is 11.7. The van der Waals surface area contributed by atoms with Gasteiger partial charge in [0.25, 0.3) is 0 Å². The molecule has 91 valence electrons. The average molecular weight is 238 g/mol. The lowest BCUT2D eigenvalue weighted by Gasteiger charge is -2.39. The molecule has 1 aliphatic heterocycles. The monoisotopic (exact) mass is 238 g/mol. The Balaban J connectivity index is 1.99. The third-order valence-corrected chi connectivity index (χ3v) is 3.72. The van der Waals surface area contributed by atoms with E-state index in [9.17, 15) is 5.21 Å². The van der Waals surface area contributed by atoms with Crippen LogP contribution in [0.1, 0.15) is 23.5 Å². The third kappa shape index (κ3) is 2.05. The molecule has 18 heavy (non-hydrogen) atoms. The lowest BCUT2D eigenvalue weighted by molar-refractivity contribution is -0.238. The Labute approximate surface area is 107 Å². The van der Waals surface area contributed by atoms with Gasteiger partial charge in [-0.15, -0.1) is 5.21 Å². The Kier molecular flexibility index (Phi) is 3.13. The van der Waals surface area contributed by atoms with Crippen LogP contribution >= 0.6 is 0 Å². The van der Waals surface area contributed by atoms with Crippen LogP contribution in [0.3, 0.4) is 0 Å². The van der Waals surface area contributed by atoms with Crippen LogP contribution in [-0.2, 0) is 5.21 Å². The second-order valence-electron chi connectivity index (χ2n) is 4.80. The predicted octanol–water partition coefficient (Wildman–Crippen LogP) is 3.24. The summed E-state index contributed by atoms with van der Waals surface area (Å²) < 4.78 is 0. The van der Waals surface area contributed by atoms with Gasteiger partial charge in [0.05, 0.1) is 6.04 Å². The molecule has 1 fully saturated rings. The topological polar surface area (TPSA) is 23.1 Å². The molecule has 1 radical (unpaired) electrons. The zero-order valence-corrected chi connectivity index (χ0v) is 10.2. The Hall–Kier alpha value is -1.64. The highest BCUT2D eigenvalue weighted by Crippen LogP contribution is 2.36. The average Bonchev–Trinajstić information content (AvgIpc) is 2.45. The molecule has 3 rings (SSSR count). The number of hydrogen-bond donors (Lipinski definition) is 0. The van der Waals surface area contributed by atoms with E-state index in [-0.39, 0.29) is 12.0 Å². The summed E-state index contributed by atoms with van der Waals surface area (Å²) in [6, 6.07) is 20.7. The van der Waals surface area contributed by atoms with E-state index in [1.807, 2.05) is 36.4 Å². The molecule has 0 spiro atoms. The van der Waals surface area contributed by atoms with Crippen molar-refractivity contribution in [1.29, 1.82) is 0 Å². The van der Waals surface area contributed by atoms with E-state index in [0.717, 1.165) is 6.42 Å². The summed E-state index contributed by atoms with van der Waals surface area (Å²) in [4.78, 5) is 0. The summed E-state index contributed by atoms with van der Waals surface area (Å²) >= 11 is 0. The molecule has 2 aromatic rings. The standard InChI is InChI=1S/C16H16NO/c18-17-12-11-15(17)16(13-7-3-1-4-8-13)14-9-5-2-6-10-14/h1-10,15-16H,11-12H2. The van der Waals surface area contributed by atoms with Gasteiger partial charge in [0.1, 0.15) is 0 Å². The number of nitrogens with zero attached hydrogens (tertiary/aromatic N) is 1. The maximum Gasteiger partial charge on any atom is 0.0505 e. The van der Waals surface area contributed by atoms with Crippen LogP contribution in [0.25, 0.3) is 0 Å². The summed E-state index contributed by atoms with van der Waals surface area (Å²) in [5, 5.41) is 12.9. The minimum atomic E-state index is 0.0924. The molecule has 1 atom stereocenters. The highest BCUT2D eigenvalue weighted by molar-refractivity contribution is 5.34. The van der Waals surface area contributed by atoms with Crippen LogP contribution in [-0.4, -0.2) is 17.6 Å². The molecule has 2 heteroatoms. The molecule has 1 heterocycles. The van der Waals surface area contributed by atoms with Gasteiger partial charge < -0.3 is 0 Å². The number of benzene rings is 2. The van der Waals surface area contributed by atoms with Gasteiger partial charge in [0.15, 0.2) is 0 Å². The molecule has 1 unspecified atom stereocenters. The van der Waals surface area contributed by atoms with Gasteiger partial charge in [-0.1, -0.05) is 60.7 Å². The summed E-state index contributed by atoms with van der Waals surface area (Å²) in [7, 11) is 0. The summed E-state index contributed by atoms with van der Waals surface area (Å²) in [5.41, 5.74) is 2.46. The Bertz CT molecular complexity index is 458. The van der Waals surface area contributed by atoms with E-state index in [1.54, 1.807) is 0 Å². The van der Waals surface area contributed by atoms with Gasteiger partial charge in [-0.05, 0) is 17.5 Å². The first kappa shape index (κ1) is 11.5. The van der Waals surface area contributed by atoms with E-state index in [0.29, 0.717) is 6.54 Å². The number of rotatable bonds is 3. The van der Waals surface area contributed by atoms with Crippen molar-refractivity contribution in [3.63, 3.8) is 0 Å². The largest absolute Gasteiger partial charge is 0.151 e. The fourth-order valence-electron chi connectivity index (χ4n) is 2.67. The van der Waals surface area contributed by atoms with Gasteiger partial charge in [-0.3, -0.25) is 0 Å². The molecule has 0 N–H and O–H groups in total. The van der Waals surface area contributed by atoms with Crippen molar-refractivity contribution in [1.82, 2.24) is 5.06 Å². The molecule has 0 aromatic heterocycles. The van der Waals surface area contributed by atoms with Crippen molar-refractivity contribution in [3.05, 3.63) is 71.8 Å². The van der Waals surface area contributed by atoms with E-state index in [1.165, 1.54) is 16.2 Å². The Morgan fingerprint density at radius 3 is 1.72 bits per heavy atom. The molecular weight excluding hydrogens is 222 g/mol. The van der Waals surface area contributed by atoms with E-state index < -0.39 is 0 Å². The molecular formula is C16H16NO. The summed E-state index contributed by atoms with van der Waals surface area (Å²) in [6.07, 6.45) is 0.984. The van der Waals surface area contributed by atoms with Gasteiger partial charge in [0.2, 0.25) is 0 Å². The van der Waals surface area contributed by atoms with Crippen LogP contribution in [0.2, 0.25) is 0 Å². The van der Waals surface area contributed by atoms with E-state index in [2.05, 4.69) is 24.3 Å². The third-order valence-electron chi connectivity index (χ3n) is 3.72. The van der Waals surface area contributed by atoms with Crippen molar-refractivity contribution < 1.29 is 5.21 Å². The van der Waals surface area contributed by atoms with Gasteiger partial charge in [-0.25, -0.2) is 0 Å².